The summed E-state index contributed by atoms with van der Waals surface area (Å²) in [7, 11) is 0. The second-order valence-electron chi connectivity index (χ2n) is 5.62. The standard InChI is InChI=1S/C13H26O5/c1-6-8-9-10(7-2)13(18-16,12(3,4)5)17-11(14)15/h10,16H,6-9H2,1-5H3,(H,14,15). The van der Waals surface area contributed by atoms with Crippen molar-refractivity contribution in [2.45, 2.75) is 66.1 Å². The van der Waals surface area contributed by atoms with Gasteiger partial charge in [-0.3, -0.25) is 0 Å². The van der Waals surface area contributed by atoms with E-state index in [-0.39, 0.29) is 5.92 Å². The lowest BCUT2D eigenvalue weighted by atomic mass is 9.74. The number of carbonyl (C=O) groups is 1. The van der Waals surface area contributed by atoms with Crippen LogP contribution in [0.5, 0.6) is 0 Å². The van der Waals surface area contributed by atoms with E-state index in [1.54, 1.807) is 20.8 Å². The fourth-order valence-electron chi connectivity index (χ4n) is 2.32. The van der Waals surface area contributed by atoms with Crippen molar-refractivity contribution < 1.29 is 24.8 Å². The van der Waals surface area contributed by atoms with Crippen LogP contribution in [0.2, 0.25) is 0 Å². The van der Waals surface area contributed by atoms with Gasteiger partial charge in [0, 0.05) is 11.3 Å². The van der Waals surface area contributed by atoms with Crippen molar-refractivity contribution in [2.75, 3.05) is 0 Å². The van der Waals surface area contributed by atoms with Gasteiger partial charge in [-0.15, -0.1) is 0 Å². The lowest BCUT2D eigenvalue weighted by Crippen LogP contribution is -2.54. The van der Waals surface area contributed by atoms with Crippen molar-refractivity contribution in [2.24, 2.45) is 11.3 Å². The molecule has 2 atom stereocenters. The van der Waals surface area contributed by atoms with Crippen molar-refractivity contribution >= 4 is 6.16 Å². The second kappa shape index (κ2) is 6.95. The summed E-state index contributed by atoms with van der Waals surface area (Å²) in [5.41, 5.74) is -0.658. The second-order valence-corrected chi connectivity index (χ2v) is 5.62. The predicted octanol–water partition coefficient (Wildman–Crippen LogP) is 4.13. The van der Waals surface area contributed by atoms with Crippen molar-refractivity contribution in [1.82, 2.24) is 0 Å². The summed E-state index contributed by atoms with van der Waals surface area (Å²) in [5.74, 6) is -1.71. The highest BCUT2D eigenvalue weighted by molar-refractivity contribution is 5.57. The van der Waals surface area contributed by atoms with Crippen LogP contribution in [0, 0.1) is 11.3 Å². The molecule has 0 bridgehead atoms. The third-order valence-corrected chi connectivity index (χ3v) is 3.36. The molecule has 0 aliphatic rings. The molecular weight excluding hydrogens is 236 g/mol. The first-order valence-electron chi connectivity index (χ1n) is 6.49. The largest absolute Gasteiger partial charge is 0.508 e. The first kappa shape index (κ1) is 17.2. The molecule has 0 aliphatic carbocycles. The molecule has 0 aromatic rings. The molecule has 0 saturated heterocycles. The number of carboxylic acid groups (broad SMARTS) is 1. The highest BCUT2D eigenvalue weighted by Crippen LogP contribution is 2.44. The minimum absolute atomic E-state index is 0.182. The van der Waals surface area contributed by atoms with Gasteiger partial charge >= 0.3 is 6.16 Å². The van der Waals surface area contributed by atoms with Crippen LogP contribution < -0.4 is 0 Å². The van der Waals surface area contributed by atoms with E-state index in [1.807, 2.05) is 6.92 Å². The maximum absolute atomic E-state index is 10.9. The smallest absolute Gasteiger partial charge is 0.450 e. The highest BCUT2D eigenvalue weighted by Gasteiger charge is 2.53. The molecule has 0 spiro atoms. The maximum atomic E-state index is 10.9. The number of ether oxygens (including phenoxy) is 1. The topological polar surface area (TPSA) is 76.0 Å². The van der Waals surface area contributed by atoms with E-state index in [2.05, 4.69) is 11.8 Å². The minimum atomic E-state index is -1.53. The zero-order chi connectivity index (χ0) is 14.4. The highest BCUT2D eigenvalue weighted by atomic mass is 17.2. The minimum Gasteiger partial charge on any atom is -0.450 e. The molecule has 0 saturated carbocycles. The van der Waals surface area contributed by atoms with Crippen molar-refractivity contribution in [3.63, 3.8) is 0 Å². The van der Waals surface area contributed by atoms with Gasteiger partial charge in [-0.05, 0) is 12.8 Å². The van der Waals surface area contributed by atoms with Gasteiger partial charge in [-0.1, -0.05) is 47.5 Å². The Morgan fingerprint density at radius 2 is 1.83 bits per heavy atom. The lowest BCUT2D eigenvalue weighted by Gasteiger charge is -2.44. The van der Waals surface area contributed by atoms with Gasteiger partial charge in [0.25, 0.3) is 5.79 Å². The summed E-state index contributed by atoms with van der Waals surface area (Å²) in [4.78, 5) is 15.5. The summed E-state index contributed by atoms with van der Waals surface area (Å²) in [5, 5.41) is 18.2. The van der Waals surface area contributed by atoms with Crippen molar-refractivity contribution in [3.05, 3.63) is 0 Å². The fraction of sp³-hybridized carbons (Fsp3) is 0.923. The van der Waals surface area contributed by atoms with E-state index >= 15 is 0 Å². The molecule has 2 N–H and O–H groups in total. The van der Waals surface area contributed by atoms with Crippen LogP contribution in [0.15, 0.2) is 0 Å². The average Bonchev–Trinajstić information content (AvgIpc) is 2.26. The zero-order valence-electron chi connectivity index (χ0n) is 12.0. The van der Waals surface area contributed by atoms with Crippen LogP contribution in [0.1, 0.15) is 60.3 Å². The Kier molecular flexibility index (Phi) is 6.63. The first-order valence-corrected chi connectivity index (χ1v) is 6.49. The van der Waals surface area contributed by atoms with E-state index in [9.17, 15) is 10.1 Å². The molecule has 0 aromatic heterocycles. The molecule has 0 rings (SSSR count). The number of hydrogen-bond acceptors (Lipinski definition) is 4. The third kappa shape index (κ3) is 3.85. The predicted molar refractivity (Wildman–Crippen MR) is 68.3 cm³/mol. The summed E-state index contributed by atoms with van der Waals surface area (Å²) >= 11 is 0. The molecule has 0 aliphatic heterocycles. The van der Waals surface area contributed by atoms with Crippen molar-refractivity contribution in [1.29, 1.82) is 0 Å². The Morgan fingerprint density at radius 1 is 1.28 bits per heavy atom. The van der Waals surface area contributed by atoms with Crippen LogP contribution in [0.25, 0.3) is 0 Å². The van der Waals surface area contributed by atoms with Gasteiger partial charge in [0.1, 0.15) is 0 Å². The molecule has 0 aromatic carbocycles. The molecular formula is C13H26O5. The van der Waals surface area contributed by atoms with Gasteiger partial charge in [0.15, 0.2) is 0 Å². The summed E-state index contributed by atoms with van der Waals surface area (Å²) < 4.78 is 4.95. The Morgan fingerprint density at radius 3 is 2.11 bits per heavy atom. The number of rotatable bonds is 7. The average molecular weight is 262 g/mol. The summed E-state index contributed by atoms with van der Waals surface area (Å²) in [6.45, 7) is 9.37. The van der Waals surface area contributed by atoms with E-state index in [0.29, 0.717) is 6.42 Å². The Bertz CT molecular complexity index is 259. The van der Waals surface area contributed by atoms with E-state index in [4.69, 9.17) is 9.84 Å². The molecule has 5 heteroatoms. The van der Waals surface area contributed by atoms with Crippen LogP contribution in [-0.4, -0.2) is 22.3 Å². The molecule has 108 valence electrons. The van der Waals surface area contributed by atoms with Crippen molar-refractivity contribution in [3.8, 4) is 0 Å². The number of unbranched alkanes of at least 4 members (excludes halogenated alkanes) is 1. The molecule has 0 radical (unpaired) electrons. The monoisotopic (exact) mass is 262 g/mol. The van der Waals surface area contributed by atoms with Crippen LogP contribution in [-0.2, 0) is 9.62 Å². The molecule has 18 heavy (non-hydrogen) atoms. The summed E-state index contributed by atoms with van der Waals surface area (Å²) in [6.07, 6.45) is 1.91. The Labute approximate surface area is 109 Å². The van der Waals surface area contributed by atoms with Gasteiger partial charge in [0.05, 0.1) is 0 Å². The van der Waals surface area contributed by atoms with Gasteiger partial charge in [0.2, 0.25) is 0 Å². The molecule has 0 heterocycles. The van der Waals surface area contributed by atoms with Gasteiger partial charge in [-0.25, -0.2) is 10.1 Å². The number of hydrogen-bond donors (Lipinski definition) is 2. The van der Waals surface area contributed by atoms with E-state index in [0.717, 1.165) is 19.3 Å². The third-order valence-electron chi connectivity index (χ3n) is 3.36. The fourth-order valence-corrected chi connectivity index (χ4v) is 2.32. The first-order chi connectivity index (χ1) is 8.25. The SMILES string of the molecule is CCCCC(CC)C(OO)(OC(=O)O)C(C)(C)C. The molecule has 5 nitrogen and oxygen atoms in total. The van der Waals surface area contributed by atoms with E-state index in [1.165, 1.54) is 0 Å². The maximum Gasteiger partial charge on any atom is 0.508 e. The van der Waals surface area contributed by atoms with Gasteiger partial charge < -0.3 is 9.84 Å². The quantitative estimate of drug-likeness (QED) is 0.312. The van der Waals surface area contributed by atoms with Crippen LogP contribution in [0.3, 0.4) is 0 Å². The Hall–Kier alpha value is -0.810. The van der Waals surface area contributed by atoms with Gasteiger partial charge in [-0.2, -0.15) is 4.89 Å². The van der Waals surface area contributed by atoms with Crippen LogP contribution >= 0.6 is 0 Å². The molecule has 0 fully saturated rings. The summed E-state index contributed by atoms with van der Waals surface area (Å²) in [6, 6.07) is 0. The van der Waals surface area contributed by atoms with E-state index < -0.39 is 17.4 Å². The normalized spacial score (nSPS) is 17.0. The van der Waals surface area contributed by atoms with Crippen LogP contribution in [0.4, 0.5) is 4.79 Å². The zero-order valence-corrected chi connectivity index (χ0v) is 12.0. The lowest BCUT2D eigenvalue weighted by molar-refractivity contribution is -0.437. The Balaban J connectivity index is 5.31. The molecule has 0 amide bonds. The molecule has 2 unspecified atom stereocenters.